The van der Waals surface area contributed by atoms with Crippen molar-refractivity contribution in [2.24, 2.45) is 5.92 Å². The lowest BCUT2D eigenvalue weighted by Gasteiger charge is -2.28. The summed E-state index contributed by atoms with van der Waals surface area (Å²) < 4.78 is 1.70. The first kappa shape index (κ1) is 16.6. The van der Waals surface area contributed by atoms with Crippen LogP contribution in [0.2, 0.25) is 0 Å². The van der Waals surface area contributed by atoms with Gasteiger partial charge in [0, 0.05) is 18.7 Å². The van der Waals surface area contributed by atoms with Gasteiger partial charge in [-0.2, -0.15) is 0 Å². The predicted octanol–water partition coefficient (Wildman–Crippen LogP) is 1.61. The first-order valence-corrected chi connectivity index (χ1v) is 7.23. The highest BCUT2D eigenvalue weighted by molar-refractivity contribution is 5.92. The average Bonchev–Trinajstić information content (AvgIpc) is 2.85. The lowest BCUT2D eigenvalue weighted by atomic mass is 9.95. The van der Waals surface area contributed by atoms with Gasteiger partial charge in [0.25, 0.3) is 5.91 Å². The molecule has 6 heteroatoms. The van der Waals surface area contributed by atoms with Crippen molar-refractivity contribution in [2.45, 2.75) is 59.0 Å². The van der Waals surface area contributed by atoms with Crippen molar-refractivity contribution in [2.75, 3.05) is 6.61 Å². The first-order valence-electron chi connectivity index (χ1n) is 7.23. The largest absolute Gasteiger partial charge is 0.396 e. The normalized spacial score (nSPS) is 14.3. The summed E-state index contributed by atoms with van der Waals surface area (Å²) in [5.41, 5.74) is -0.0838. The van der Waals surface area contributed by atoms with Crippen LogP contribution in [0.4, 0.5) is 0 Å². The number of hydrogen-bond donors (Lipinski definition) is 2. The average molecular weight is 282 g/mol. The van der Waals surface area contributed by atoms with Gasteiger partial charge < -0.3 is 10.4 Å². The summed E-state index contributed by atoms with van der Waals surface area (Å²) in [4.78, 5) is 12.1. The summed E-state index contributed by atoms with van der Waals surface area (Å²) in [5.74, 6) is 0.350. The second-order valence-electron chi connectivity index (χ2n) is 5.89. The Kier molecular flexibility index (Phi) is 6.13. The molecule has 0 aliphatic rings. The molecule has 1 amide bonds. The molecule has 1 heterocycles. The maximum atomic E-state index is 12.1. The smallest absolute Gasteiger partial charge is 0.273 e. The number of hydrogen-bond acceptors (Lipinski definition) is 4. The third-order valence-corrected chi connectivity index (χ3v) is 3.57. The number of nitrogens with one attached hydrogen (secondary N) is 1. The van der Waals surface area contributed by atoms with E-state index < -0.39 is 5.54 Å². The molecular formula is C14H26N4O2. The molecule has 0 saturated heterocycles. The minimum absolute atomic E-state index is 0.0473. The third-order valence-electron chi connectivity index (χ3n) is 3.57. The monoisotopic (exact) mass is 282 g/mol. The minimum Gasteiger partial charge on any atom is -0.396 e. The van der Waals surface area contributed by atoms with Gasteiger partial charge in [-0.1, -0.05) is 26.0 Å². The Hall–Kier alpha value is -1.43. The lowest BCUT2D eigenvalue weighted by Crippen LogP contribution is -2.46. The summed E-state index contributed by atoms with van der Waals surface area (Å²) in [6, 6.07) is 0. The third kappa shape index (κ3) is 4.92. The van der Waals surface area contributed by atoms with Crippen LogP contribution in [-0.2, 0) is 6.54 Å². The SMILES string of the molecule is CCC(C)(CCO)NC(=O)c1cn(CCC(C)C)nn1. The van der Waals surface area contributed by atoms with Gasteiger partial charge in [0.15, 0.2) is 5.69 Å². The Balaban J connectivity index is 2.63. The molecule has 1 atom stereocenters. The van der Waals surface area contributed by atoms with Crippen LogP contribution in [0.1, 0.15) is 57.4 Å². The van der Waals surface area contributed by atoms with Crippen LogP contribution in [0, 0.1) is 5.92 Å². The van der Waals surface area contributed by atoms with Gasteiger partial charge in [0.05, 0.1) is 6.20 Å². The van der Waals surface area contributed by atoms with E-state index in [0.29, 0.717) is 18.0 Å². The molecule has 0 aliphatic heterocycles. The maximum absolute atomic E-state index is 12.1. The highest BCUT2D eigenvalue weighted by atomic mass is 16.3. The molecule has 0 bridgehead atoms. The van der Waals surface area contributed by atoms with Crippen molar-refractivity contribution < 1.29 is 9.90 Å². The fraction of sp³-hybridized carbons (Fsp3) is 0.786. The summed E-state index contributed by atoms with van der Waals surface area (Å²) in [5, 5.41) is 19.9. The highest BCUT2D eigenvalue weighted by Crippen LogP contribution is 2.14. The van der Waals surface area contributed by atoms with E-state index in [1.54, 1.807) is 10.9 Å². The Morgan fingerprint density at radius 1 is 1.55 bits per heavy atom. The van der Waals surface area contributed by atoms with Crippen LogP contribution >= 0.6 is 0 Å². The Labute approximate surface area is 120 Å². The van der Waals surface area contributed by atoms with E-state index in [9.17, 15) is 4.79 Å². The van der Waals surface area contributed by atoms with Gasteiger partial charge in [0.2, 0.25) is 0 Å². The fourth-order valence-corrected chi connectivity index (χ4v) is 1.81. The lowest BCUT2D eigenvalue weighted by molar-refractivity contribution is 0.0881. The fourth-order valence-electron chi connectivity index (χ4n) is 1.81. The number of amides is 1. The number of carbonyl (C=O) groups is 1. The van der Waals surface area contributed by atoms with E-state index in [0.717, 1.165) is 19.4 Å². The molecule has 0 radical (unpaired) electrons. The predicted molar refractivity (Wildman–Crippen MR) is 77.3 cm³/mol. The number of aliphatic hydroxyl groups is 1. The molecular weight excluding hydrogens is 256 g/mol. The van der Waals surface area contributed by atoms with E-state index in [2.05, 4.69) is 29.5 Å². The zero-order chi connectivity index (χ0) is 15.2. The van der Waals surface area contributed by atoms with E-state index >= 15 is 0 Å². The Morgan fingerprint density at radius 3 is 2.80 bits per heavy atom. The first-order chi connectivity index (χ1) is 9.40. The van der Waals surface area contributed by atoms with Crippen molar-refractivity contribution in [1.29, 1.82) is 0 Å². The van der Waals surface area contributed by atoms with Crippen molar-refractivity contribution in [3.8, 4) is 0 Å². The summed E-state index contributed by atoms with van der Waals surface area (Å²) in [7, 11) is 0. The zero-order valence-corrected chi connectivity index (χ0v) is 12.9. The molecule has 1 rings (SSSR count). The van der Waals surface area contributed by atoms with Crippen LogP contribution in [-0.4, -0.2) is 38.2 Å². The molecule has 1 aromatic rings. The second-order valence-corrected chi connectivity index (χ2v) is 5.89. The molecule has 1 aromatic heterocycles. The van der Waals surface area contributed by atoms with Gasteiger partial charge in [-0.25, -0.2) is 0 Å². The summed E-state index contributed by atoms with van der Waals surface area (Å²) >= 11 is 0. The molecule has 0 saturated carbocycles. The molecule has 0 fully saturated rings. The molecule has 0 aliphatic carbocycles. The molecule has 0 spiro atoms. The number of aryl methyl sites for hydroxylation is 1. The molecule has 20 heavy (non-hydrogen) atoms. The van der Waals surface area contributed by atoms with E-state index in [-0.39, 0.29) is 12.5 Å². The topological polar surface area (TPSA) is 80.0 Å². The van der Waals surface area contributed by atoms with E-state index in [4.69, 9.17) is 5.11 Å². The van der Waals surface area contributed by atoms with Crippen LogP contribution in [0.25, 0.3) is 0 Å². The van der Waals surface area contributed by atoms with Gasteiger partial charge in [-0.15, -0.1) is 5.10 Å². The van der Waals surface area contributed by atoms with Gasteiger partial charge in [-0.05, 0) is 32.1 Å². The molecule has 2 N–H and O–H groups in total. The second kappa shape index (κ2) is 7.38. The molecule has 1 unspecified atom stereocenters. The van der Waals surface area contributed by atoms with Crippen LogP contribution in [0.5, 0.6) is 0 Å². The van der Waals surface area contributed by atoms with E-state index in [1.165, 1.54) is 0 Å². The maximum Gasteiger partial charge on any atom is 0.273 e. The van der Waals surface area contributed by atoms with E-state index in [1.807, 2.05) is 13.8 Å². The van der Waals surface area contributed by atoms with Crippen molar-refractivity contribution >= 4 is 5.91 Å². The number of nitrogens with zero attached hydrogens (tertiary/aromatic N) is 3. The molecule has 0 aromatic carbocycles. The number of carbonyl (C=O) groups excluding carboxylic acids is 1. The number of aliphatic hydroxyl groups excluding tert-OH is 1. The van der Waals surface area contributed by atoms with Gasteiger partial charge in [0.1, 0.15) is 0 Å². The number of aromatic nitrogens is 3. The van der Waals surface area contributed by atoms with Gasteiger partial charge >= 0.3 is 0 Å². The quantitative estimate of drug-likeness (QED) is 0.759. The molecule has 114 valence electrons. The highest BCUT2D eigenvalue weighted by Gasteiger charge is 2.25. The van der Waals surface area contributed by atoms with Crippen LogP contribution in [0.3, 0.4) is 0 Å². The summed E-state index contributed by atoms with van der Waals surface area (Å²) in [6.45, 7) is 9.00. The Morgan fingerprint density at radius 2 is 2.25 bits per heavy atom. The van der Waals surface area contributed by atoms with Crippen molar-refractivity contribution in [3.63, 3.8) is 0 Å². The van der Waals surface area contributed by atoms with Crippen molar-refractivity contribution in [1.82, 2.24) is 20.3 Å². The number of rotatable bonds is 8. The van der Waals surface area contributed by atoms with Crippen molar-refractivity contribution in [3.05, 3.63) is 11.9 Å². The van der Waals surface area contributed by atoms with Gasteiger partial charge in [-0.3, -0.25) is 9.48 Å². The Bertz CT molecular complexity index is 431. The van der Waals surface area contributed by atoms with Crippen LogP contribution < -0.4 is 5.32 Å². The van der Waals surface area contributed by atoms with Crippen LogP contribution in [0.15, 0.2) is 6.20 Å². The minimum atomic E-state index is -0.409. The standard InChI is InChI=1S/C14H26N4O2/c1-5-14(4,7-9-19)15-13(20)12-10-18(17-16-12)8-6-11(2)3/h10-11,19H,5-9H2,1-4H3,(H,15,20). The zero-order valence-electron chi connectivity index (χ0n) is 12.9. The molecule has 6 nitrogen and oxygen atoms in total. The summed E-state index contributed by atoms with van der Waals surface area (Å²) in [6.07, 6.45) is 3.95.